The number of nitro groups is 1. The summed E-state index contributed by atoms with van der Waals surface area (Å²) in [6.45, 7) is 0. The maximum atomic E-state index is 10.8. The third-order valence-corrected chi connectivity index (χ3v) is 2.31. The van der Waals surface area contributed by atoms with E-state index in [1.54, 1.807) is 31.0 Å². The van der Waals surface area contributed by atoms with Crippen molar-refractivity contribution in [2.45, 2.75) is 0 Å². The van der Waals surface area contributed by atoms with Crippen molar-refractivity contribution >= 4 is 11.4 Å². The van der Waals surface area contributed by atoms with Crippen molar-refractivity contribution in [3.8, 4) is 11.5 Å². The standard InChI is InChI=1S/C11H12N4O3/c1-12-8-3-9(15(16)17)5-10(4-8)18-11-6-13-14(2)7-11/h3-7,12H,1-2H3. The minimum atomic E-state index is -0.461. The van der Waals surface area contributed by atoms with Gasteiger partial charge in [-0.15, -0.1) is 0 Å². The minimum absolute atomic E-state index is 0.0271. The fraction of sp³-hybridized carbons (Fsp3) is 0.182. The third kappa shape index (κ3) is 2.57. The first-order valence-electron chi connectivity index (χ1n) is 5.22. The molecule has 2 rings (SSSR count). The van der Waals surface area contributed by atoms with Gasteiger partial charge in [-0.05, 0) is 0 Å². The number of hydrogen-bond acceptors (Lipinski definition) is 5. The number of aryl methyl sites for hydroxylation is 1. The van der Waals surface area contributed by atoms with Gasteiger partial charge < -0.3 is 10.1 Å². The highest BCUT2D eigenvalue weighted by molar-refractivity contribution is 5.56. The van der Waals surface area contributed by atoms with Gasteiger partial charge in [0, 0.05) is 31.9 Å². The molecule has 0 unspecified atom stereocenters. The molecule has 0 bridgehead atoms. The normalized spacial score (nSPS) is 10.1. The van der Waals surface area contributed by atoms with Crippen molar-refractivity contribution in [3.63, 3.8) is 0 Å². The summed E-state index contributed by atoms with van der Waals surface area (Å²) in [5, 5.41) is 17.6. The lowest BCUT2D eigenvalue weighted by Gasteiger charge is -2.05. The highest BCUT2D eigenvalue weighted by Gasteiger charge is 2.11. The van der Waals surface area contributed by atoms with Crippen LogP contribution in [0.25, 0.3) is 0 Å². The van der Waals surface area contributed by atoms with Gasteiger partial charge in [-0.1, -0.05) is 0 Å². The van der Waals surface area contributed by atoms with Crippen LogP contribution in [0, 0.1) is 10.1 Å². The Morgan fingerprint density at radius 3 is 2.72 bits per heavy atom. The van der Waals surface area contributed by atoms with E-state index in [0.29, 0.717) is 17.2 Å². The lowest BCUT2D eigenvalue weighted by Crippen LogP contribution is -1.94. The van der Waals surface area contributed by atoms with Crippen LogP contribution in [-0.4, -0.2) is 21.8 Å². The Balaban J connectivity index is 2.32. The molecule has 0 atom stereocenters. The predicted octanol–water partition coefficient (Wildman–Crippen LogP) is 2.16. The Kier molecular flexibility index (Phi) is 3.13. The average molecular weight is 248 g/mol. The van der Waals surface area contributed by atoms with Crippen LogP contribution in [0.3, 0.4) is 0 Å². The van der Waals surface area contributed by atoms with Gasteiger partial charge in [-0.25, -0.2) is 0 Å². The molecule has 0 fully saturated rings. The van der Waals surface area contributed by atoms with Crippen molar-refractivity contribution in [3.05, 3.63) is 40.7 Å². The summed E-state index contributed by atoms with van der Waals surface area (Å²) >= 11 is 0. The van der Waals surface area contributed by atoms with Gasteiger partial charge in [0.2, 0.25) is 0 Å². The summed E-state index contributed by atoms with van der Waals surface area (Å²) in [6, 6.07) is 4.49. The topological polar surface area (TPSA) is 82.2 Å². The Bertz CT molecular complexity index is 579. The zero-order chi connectivity index (χ0) is 13.1. The highest BCUT2D eigenvalue weighted by Crippen LogP contribution is 2.29. The van der Waals surface area contributed by atoms with Crippen molar-refractivity contribution in [1.82, 2.24) is 9.78 Å². The molecule has 94 valence electrons. The Labute approximate surface area is 103 Å². The molecule has 7 nitrogen and oxygen atoms in total. The summed E-state index contributed by atoms with van der Waals surface area (Å²) in [7, 11) is 3.45. The summed E-state index contributed by atoms with van der Waals surface area (Å²) in [5.41, 5.74) is 0.587. The van der Waals surface area contributed by atoms with Crippen LogP contribution < -0.4 is 10.1 Å². The second-order valence-corrected chi connectivity index (χ2v) is 3.67. The van der Waals surface area contributed by atoms with E-state index in [1.165, 1.54) is 18.3 Å². The molecule has 0 aliphatic carbocycles. The first kappa shape index (κ1) is 11.9. The van der Waals surface area contributed by atoms with Crippen LogP contribution in [0.15, 0.2) is 30.6 Å². The molecule has 0 saturated carbocycles. The molecule has 0 aliphatic rings. The molecule has 7 heteroatoms. The van der Waals surface area contributed by atoms with Gasteiger partial charge in [0.1, 0.15) is 5.75 Å². The monoisotopic (exact) mass is 248 g/mol. The van der Waals surface area contributed by atoms with E-state index in [2.05, 4.69) is 10.4 Å². The number of hydrogen-bond donors (Lipinski definition) is 1. The smallest absolute Gasteiger partial charge is 0.275 e. The number of non-ortho nitro benzene ring substituents is 1. The highest BCUT2D eigenvalue weighted by atomic mass is 16.6. The van der Waals surface area contributed by atoms with E-state index in [4.69, 9.17) is 4.74 Å². The van der Waals surface area contributed by atoms with E-state index < -0.39 is 4.92 Å². The predicted molar refractivity (Wildman–Crippen MR) is 65.9 cm³/mol. The largest absolute Gasteiger partial charge is 0.454 e. The molecular weight excluding hydrogens is 236 g/mol. The second kappa shape index (κ2) is 4.74. The van der Waals surface area contributed by atoms with E-state index in [0.717, 1.165) is 0 Å². The maximum Gasteiger partial charge on any atom is 0.275 e. The number of benzene rings is 1. The maximum absolute atomic E-state index is 10.8. The van der Waals surface area contributed by atoms with Crippen molar-refractivity contribution in [2.75, 3.05) is 12.4 Å². The van der Waals surface area contributed by atoms with Crippen LogP contribution >= 0.6 is 0 Å². The van der Waals surface area contributed by atoms with Gasteiger partial charge in [0.25, 0.3) is 5.69 Å². The van der Waals surface area contributed by atoms with Gasteiger partial charge in [-0.2, -0.15) is 5.10 Å². The fourth-order valence-electron chi connectivity index (χ4n) is 1.48. The van der Waals surface area contributed by atoms with E-state index in [1.807, 2.05) is 0 Å². The van der Waals surface area contributed by atoms with Crippen molar-refractivity contribution in [2.24, 2.45) is 7.05 Å². The zero-order valence-electron chi connectivity index (χ0n) is 9.95. The van der Waals surface area contributed by atoms with Gasteiger partial charge in [0.15, 0.2) is 5.75 Å². The van der Waals surface area contributed by atoms with Gasteiger partial charge >= 0.3 is 0 Å². The Morgan fingerprint density at radius 2 is 2.17 bits per heavy atom. The summed E-state index contributed by atoms with van der Waals surface area (Å²) in [4.78, 5) is 10.3. The summed E-state index contributed by atoms with van der Waals surface area (Å²) < 4.78 is 7.09. The van der Waals surface area contributed by atoms with Crippen LogP contribution in [-0.2, 0) is 7.05 Å². The molecule has 1 aromatic carbocycles. The molecule has 1 N–H and O–H groups in total. The van der Waals surface area contributed by atoms with Gasteiger partial charge in [-0.3, -0.25) is 14.8 Å². The molecule has 2 aromatic rings. The zero-order valence-corrected chi connectivity index (χ0v) is 9.95. The van der Waals surface area contributed by atoms with Crippen LogP contribution in [0.1, 0.15) is 0 Å². The van der Waals surface area contributed by atoms with Crippen molar-refractivity contribution in [1.29, 1.82) is 0 Å². The van der Waals surface area contributed by atoms with Crippen LogP contribution in [0.4, 0.5) is 11.4 Å². The molecule has 0 radical (unpaired) electrons. The molecular formula is C11H12N4O3. The fourth-order valence-corrected chi connectivity index (χ4v) is 1.48. The molecule has 18 heavy (non-hydrogen) atoms. The minimum Gasteiger partial charge on any atom is -0.454 e. The Morgan fingerprint density at radius 1 is 1.39 bits per heavy atom. The number of rotatable bonds is 4. The van der Waals surface area contributed by atoms with Crippen molar-refractivity contribution < 1.29 is 9.66 Å². The molecule has 0 spiro atoms. The molecule has 0 aliphatic heterocycles. The number of ether oxygens (including phenoxy) is 1. The third-order valence-electron chi connectivity index (χ3n) is 2.31. The molecule has 0 amide bonds. The summed E-state index contributed by atoms with van der Waals surface area (Å²) in [6.07, 6.45) is 3.22. The van der Waals surface area contributed by atoms with Gasteiger partial charge in [0.05, 0.1) is 23.4 Å². The lowest BCUT2D eigenvalue weighted by molar-refractivity contribution is -0.384. The van der Waals surface area contributed by atoms with Crippen LogP contribution in [0.5, 0.6) is 11.5 Å². The van der Waals surface area contributed by atoms with E-state index >= 15 is 0 Å². The van der Waals surface area contributed by atoms with E-state index in [9.17, 15) is 10.1 Å². The quantitative estimate of drug-likeness (QED) is 0.662. The lowest BCUT2D eigenvalue weighted by atomic mass is 10.2. The molecule has 0 saturated heterocycles. The number of nitrogens with one attached hydrogen (secondary N) is 1. The Hall–Kier alpha value is -2.57. The number of aromatic nitrogens is 2. The number of nitrogens with zero attached hydrogens (tertiary/aromatic N) is 3. The number of anilines is 1. The number of nitro benzene ring substituents is 1. The first-order chi connectivity index (χ1) is 8.58. The second-order valence-electron chi connectivity index (χ2n) is 3.67. The first-order valence-corrected chi connectivity index (χ1v) is 5.22. The summed E-state index contributed by atoms with van der Waals surface area (Å²) in [5.74, 6) is 0.918. The van der Waals surface area contributed by atoms with Crippen LogP contribution in [0.2, 0.25) is 0 Å². The molecule has 1 aromatic heterocycles. The molecule has 1 heterocycles. The SMILES string of the molecule is CNc1cc(Oc2cnn(C)c2)cc([N+](=O)[O-])c1. The average Bonchev–Trinajstić information content (AvgIpc) is 2.74. The van der Waals surface area contributed by atoms with E-state index in [-0.39, 0.29) is 5.69 Å².